The Morgan fingerprint density at radius 1 is 0.886 bits per heavy atom. The van der Waals surface area contributed by atoms with Crippen LogP contribution in [0.4, 0.5) is 4.79 Å². The Labute approximate surface area is 205 Å². The van der Waals surface area contributed by atoms with Gasteiger partial charge in [-0.1, -0.05) is 55.0 Å². The fourth-order valence-corrected chi connectivity index (χ4v) is 5.73. The molecular formula is C28H32N2O5. The molecule has 2 aromatic carbocycles. The summed E-state index contributed by atoms with van der Waals surface area (Å²) in [6, 6.07) is 16.4. The molecule has 2 aromatic rings. The van der Waals surface area contributed by atoms with Crippen molar-refractivity contribution in [2.24, 2.45) is 23.7 Å². The minimum Gasteiger partial charge on any atom is -0.481 e. The van der Waals surface area contributed by atoms with Gasteiger partial charge in [0.15, 0.2) is 0 Å². The zero-order valence-electron chi connectivity index (χ0n) is 19.7. The summed E-state index contributed by atoms with van der Waals surface area (Å²) >= 11 is 0. The van der Waals surface area contributed by atoms with Crippen LogP contribution in [0.15, 0.2) is 48.5 Å². The molecule has 0 heterocycles. The Morgan fingerprint density at radius 2 is 1.57 bits per heavy atom. The van der Waals surface area contributed by atoms with Gasteiger partial charge in [0.2, 0.25) is 5.91 Å². The van der Waals surface area contributed by atoms with Crippen LogP contribution in [-0.2, 0) is 14.3 Å². The smallest absolute Gasteiger partial charge is 0.407 e. The van der Waals surface area contributed by atoms with Crippen molar-refractivity contribution in [1.29, 1.82) is 0 Å². The molecule has 184 valence electrons. The van der Waals surface area contributed by atoms with Crippen molar-refractivity contribution in [3.05, 3.63) is 59.7 Å². The fourth-order valence-electron chi connectivity index (χ4n) is 5.73. The van der Waals surface area contributed by atoms with E-state index in [-0.39, 0.29) is 42.1 Å². The molecule has 2 saturated carbocycles. The summed E-state index contributed by atoms with van der Waals surface area (Å²) < 4.78 is 5.57. The molecule has 3 N–H and O–H groups in total. The van der Waals surface area contributed by atoms with Crippen LogP contribution in [0.5, 0.6) is 0 Å². The normalized spacial score (nSPS) is 24.7. The summed E-state index contributed by atoms with van der Waals surface area (Å²) in [5.74, 6) is -0.750. The summed E-state index contributed by atoms with van der Waals surface area (Å²) in [4.78, 5) is 36.1. The molecule has 4 atom stereocenters. The Kier molecular flexibility index (Phi) is 6.75. The predicted molar refractivity (Wildman–Crippen MR) is 131 cm³/mol. The highest BCUT2D eigenvalue weighted by Gasteiger charge is 2.43. The molecule has 7 nitrogen and oxygen atoms in total. The van der Waals surface area contributed by atoms with E-state index >= 15 is 0 Å². The summed E-state index contributed by atoms with van der Waals surface area (Å²) in [6.45, 7) is 1.22. The third-order valence-corrected chi connectivity index (χ3v) is 7.81. The lowest BCUT2D eigenvalue weighted by Gasteiger charge is -2.26. The Balaban J connectivity index is 1.04. The largest absolute Gasteiger partial charge is 0.481 e. The van der Waals surface area contributed by atoms with E-state index in [4.69, 9.17) is 4.74 Å². The van der Waals surface area contributed by atoms with E-state index in [0.29, 0.717) is 19.5 Å². The standard InChI is InChI=1S/C28H32N2O5/c31-26(29-14-17-6-5-7-18(12-17)27(32)33)24-13-19(24)15-30-28(34)35-16-25-22-10-3-1-8-20(22)21-9-2-4-11-23(21)25/h1-4,8-11,17-19,24-25H,5-7,12-16H2,(H,29,31)(H,30,34)(H,32,33)/t17?,18?,19-,24-/m0/s1. The van der Waals surface area contributed by atoms with Gasteiger partial charge in [0.25, 0.3) is 0 Å². The van der Waals surface area contributed by atoms with Crippen molar-refractivity contribution in [2.75, 3.05) is 19.7 Å². The molecule has 0 aromatic heterocycles. The molecule has 3 aliphatic rings. The first-order valence-corrected chi connectivity index (χ1v) is 12.6. The number of carboxylic acids is 1. The van der Waals surface area contributed by atoms with Crippen LogP contribution in [0.1, 0.15) is 49.1 Å². The van der Waals surface area contributed by atoms with Crippen LogP contribution < -0.4 is 10.6 Å². The second-order valence-electron chi connectivity index (χ2n) is 10.1. The monoisotopic (exact) mass is 476 g/mol. The van der Waals surface area contributed by atoms with Crippen LogP contribution >= 0.6 is 0 Å². The number of carboxylic acid groups (broad SMARTS) is 1. The molecule has 2 amide bonds. The Hall–Kier alpha value is -3.35. The molecular weight excluding hydrogens is 444 g/mol. The van der Waals surface area contributed by atoms with Gasteiger partial charge in [-0.05, 0) is 59.8 Å². The molecule has 2 fully saturated rings. The number of hydrogen-bond donors (Lipinski definition) is 3. The van der Waals surface area contributed by atoms with Gasteiger partial charge < -0.3 is 20.5 Å². The van der Waals surface area contributed by atoms with Gasteiger partial charge in [0, 0.05) is 24.9 Å². The van der Waals surface area contributed by atoms with Crippen molar-refractivity contribution < 1.29 is 24.2 Å². The molecule has 5 rings (SSSR count). The number of nitrogens with one attached hydrogen (secondary N) is 2. The topological polar surface area (TPSA) is 105 Å². The van der Waals surface area contributed by atoms with E-state index in [2.05, 4.69) is 34.9 Å². The number of carbonyl (C=O) groups excluding carboxylic acids is 2. The van der Waals surface area contributed by atoms with Crippen molar-refractivity contribution in [3.63, 3.8) is 0 Å². The predicted octanol–water partition coefficient (Wildman–Crippen LogP) is 4.17. The SMILES string of the molecule is O=C(NC[C@@H]1C[C@@H]1C(=O)NCC1CCCC(C(=O)O)C1)OCC1c2ccccc2-c2ccccc21. The molecule has 35 heavy (non-hydrogen) atoms. The maximum absolute atomic E-state index is 12.5. The lowest BCUT2D eigenvalue weighted by Crippen LogP contribution is -2.35. The van der Waals surface area contributed by atoms with Crippen molar-refractivity contribution in [1.82, 2.24) is 10.6 Å². The molecule has 3 aliphatic carbocycles. The highest BCUT2D eigenvalue weighted by molar-refractivity contribution is 5.82. The first-order valence-electron chi connectivity index (χ1n) is 12.6. The van der Waals surface area contributed by atoms with Gasteiger partial charge in [-0.25, -0.2) is 4.79 Å². The van der Waals surface area contributed by atoms with Crippen molar-refractivity contribution in [3.8, 4) is 11.1 Å². The maximum Gasteiger partial charge on any atom is 0.407 e. The van der Waals surface area contributed by atoms with Gasteiger partial charge >= 0.3 is 12.1 Å². The fraction of sp³-hybridized carbons (Fsp3) is 0.464. The second-order valence-corrected chi connectivity index (χ2v) is 10.1. The second kappa shape index (κ2) is 10.1. The van der Waals surface area contributed by atoms with E-state index in [9.17, 15) is 19.5 Å². The van der Waals surface area contributed by atoms with Gasteiger partial charge in [-0.15, -0.1) is 0 Å². The molecule has 7 heteroatoms. The van der Waals surface area contributed by atoms with Gasteiger partial charge in [0.1, 0.15) is 6.61 Å². The number of alkyl carbamates (subject to hydrolysis) is 1. The zero-order valence-corrected chi connectivity index (χ0v) is 19.7. The molecule has 0 spiro atoms. The summed E-state index contributed by atoms with van der Waals surface area (Å²) in [5, 5.41) is 15.0. The van der Waals surface area contributed by atoms with Crippen LogP contribution in [0.25, 0.3) is 11.1 Å². The number of ether oxygens (including phenoxy) is 1. The van der Waals surface area contributed by atoms with Crippen molar-refractivity contribution >= 4 is 18.0 Å². The van der Waals surface area contributed by atoms with Crippen LogP contribution in [0, 0.1) is 23.7 Å². The summed E-state index contributed by atoms with van der Waals surface area (Å²) in [6.07, 6.45) is 3.51. The molecule has 0 bridgehead atoms. The Morgan fingerprint density at radius 3 is 2.26 bits per heavy atom. The Bertz CT molecular complexity index is 1070. The van der Waals surface area contributed by atoms with Gasteiger partial charge in [-0.2, -0.15) is 0 Å². The van der Waals surface area contributed by atoms with Crippen LogP contribution in [-0.4, -0.2) is 42.8 Å². The lowest BCUT2D eigenvalue weighted by molar-refractivity contribution is -0.143. The number of carbonyl (C=O) groups is 3. The molecule has 0 radical (unpaired) electrons. The average Bonchev–Trinajstić information content (AvgIpc) is 3.60. The van der Waals surface area contributed by atoms with Crippen LogP contribution in [0.2, 0.25) is 0 Å². The average molecular weight is 477 g/mol. The first kappa shape index (κ1) is 23.4. The number of rotatable bonds is 8. The quantitative estimate of drug-likeness (QED) is 0.531. The summed E-state index contributed by atoms with van der Waals surface area (Å²) in [7, 11) is 0. The third kappa shape index (κ3) is 5.19. The van der Waals surface area contributed by atoms with E-state index in [1.54, 1.807) is 0 Å². The minimum atomic E-state index is -0.734. The lowest BCUT2D eigenvalue weighted by atomic mass is 9.81. The number of fused-ring (bicyclic) bond motifs is 3. The number of aliphatic carboxylic acids is 1. The van der Waals surface area contributed by atoms with E-state index in [1.165, 1.54) is 22.3 Å². The number of hydrogen-bond acceptors (Lipinski definition) is 4. The third-order valence-electron chi connectivity index (χ3n) is 7.81. The molecule has 0 aliphatic heterocycles. The maximum atomic E-state index is 12.5. The number of benzene rings is 2. The molecule has 0 saturated heterocycles. The highest BCUT2D eigenvalue weighted by atomic mass is 16.5. The summed E-state index contributed by atoms with van der Waals surface area (Å²) in [5.41, 5.74) is 4.73. The zero-order chi connectivity index (χ0) is 24.4. The molecule has 2 unspecified atom stereocenters. The van der Waals surface area contributed by atoms with Gasteiger partial charge in [0.05, 0.1) is 5.92 Å². The number of amides is 2. The van der Waals surface area contributed by atoms with Crippen LogP contribution in [0.3, 0.4) is 0 Å². The first-order chi connectivity index (χ1) is 17.0. The van der Waals surface area contributed by atoms with E-state index in [0.717, 1.165) is 25.7 Å². The van der Waals surface area contributed by atoms with E-state index < -0.39 is 12.1 Å². The highest BCUT2D eigenvalue weighted by Crippen LogP contribution is 2.44. The van der Waals surface area contributed by atoms with Gasteiger partial charge in [-0.3, -0.25) is 9.59 Å². The van der Waals surface area contributed by atoms with Crippen molar-refractivity contribution in [2.45, 2.75) is 38.0 Å². The van der Waals surface area contributed by atoms with E-state index in [1.807, 2.05) is 24.3 Å². The minimum absolute atomic E-state index is 0.00165.